The number of halogens is 1. The summed E-state index contributed by atoms with van der Waals surface area (Å²) < 4.78 is 13.9. The van der Waals surface area contributed by atoms with Crippen molar-refractivity contribution in [1.29, 1.82) is 0 Å². The minimum absolute atomic E-state index is 0.0923. The van der Waals surface area contributed by atoms with E-state index in [2.05, 4.69) is 17.2 Å². The van der Waals surface area contributed by atoms with E-state index in [0.29, 0.717) is 11.6 Å². The molecule has 1 aromatic heterocycles. The van der Waals surface area contributed by atoms with Crippen molar-refractivity contribution in [2.75, 3.05) is 18.0 Å². The number of anilines is 1. The van der Waals surface area contributed by atoms with Gasteiger partial charge >= 0.3 is 0 Å². The van der Waals surface area contributed by atoms with Gasteiger partial charge in [0.25, 0.3) is 0 Å². The predicted molar refractivity (Wildman–Crippen MR) is 89.1 cm³/mol. The zero-order chi connectivity index (χ0) is 16.2. The molecule has 1 fully saturated rings. The third kappa shape index (κ3) is 3.45. The molecule has 2 heterocycles. The molecule has 2 aromatic rings. The molecule has 0 unspecified atom stereocenters. The minimum Gasteiger partial charge on any atom is -0.508 e. The van der Waals surface area contributed by atoms with Crippen LogP contribution in [0, 0.1) is 5.82 Å². The Labute approximate surface area is 136 Å². The van der Waals surface area contributed by atoms with E-state index >= 15 is 0 Å². The van der Waals surface area contributed by atoms with Crippen LogP contribution in [0.15, 0.2) is 42.6 Å². The van der Waals surface area contributed by atoms with Gasteiger partial charge in [0.05, 0.1) is 0 Å². The average Bonchev–Trinajstić information content (AvgIpc) is 3.02. The minimum atomic E-state index is -0.277. The Balaban J connectivity index is 1.67. The number of rotatable bonds is 5. The number of aromatic hydroxyl groups is 1. The molecular formula is C18H22FN3O. The molecular weight excluding hydrogens is 293 g/mol. The van der Waals surface area contributed by atoms with Crippen molar-refractivity contribution in [2.45, 2.75) is 31.8 Å². The summed E-state index contributed by atoms with van der Waals surface area (Å²) in [5.41, 5.74) is 0.914. The molecule has 2 atom stereocenters. The molecule has 0 aliphatic carbocycles. The Hall–Kier alpha value is -2.14. The van der Waals surface area contributed by atoms with E-state index in [4.69, 9.17) is 0 Å². The lowest BCUT2D eigenvalue weighted by atomic mass is 10.0. The number of pyridine rings is 1. The van der Waals surface area contributed by atoms with Gasteiger partial charge in [0.2, 0.25) is 0 Å². The molecule has 0 amide bonds. The third-order valence-corrected chi connectivity index (χ3v) is 4.38. The molecule has 4 nitrogen and oxygen atoms in total. The topological polar surface area (TPSA) is 48.4 Å². The van der Waals surface area contributed by atoms with E-state index in [-0.39, 0.29) is 17.9 Å². The maximum atomic E-state index is 13.9. The molecule has 3 rings (SSSR count). The van der Waals surface area contributed by atoms with Gasteiger partial charge in [0, 0.05) is 36.9 Å². The number of nitrogens with zero attached hydrogens (tertiary/aromatic N) is 2. The van der Waals surface area contributed by atoms with Crippen LogP contribution < -0.4 is 10.2 Å². The van der Waals surface area contributed by atoms with Crippen molar-refractivity contribution < 1.29 is 9.50 Å². The van der Waals surface area contributed by atoms with Crippen LogP contribution in [0.4, 0.5) is 10.2 Å². The highest BCUT2D eigenvalue weighted by Gasteiger charge is 2.27. The molecule has 2 N–H and O–H groups in total. The van der Waals surface area contributed by atoms with Gasteiger partial charge < -0.3 is 15.3 Å². The molecule has 0 radical (unpaired) electrons. The number of phenolic OH excluding ortho intramolecular Hbond substituents is 1. The molecule has 0 saturated carbocycles. The number of para-hydroxylation sites is 1. The Morgan fingerprint density at radius 1 is 1.35 bits per heavy atom. The van der Waals surface area contributed by atoms with Crippen LogP contribution in [0.25, 0.3) is 0 Å². The first kappa shape index (κ1) is 15.7. The van der Waals surface area contributed by atoms with Crippen molar-refractivity contribution >= 4 is 5.82 Å². The van der Waals surface area contributed by atoms with E-state index in [1.54, 1.807) is 18.3 Å². The van der Waals surface area contributed by atoms with E-state index in [1.807, 2.05) is 23.1 Å². The summed E-state index contributed by atoms with van der Waals surface area (Å²) in [6.07, 6.45) is 3.43. The van der Waals surface area contributed by atoms with Gasteiger partial charge in [-0.15, -0.1) is 0 Å². The van der Waals surface area contributed by atoms with Crippen molar-refractivity contribution in [3.63, 3.8) is 0 Å². The van der Waals surface area contributed by atoms with Crippen LogP contribution in [0.1, 0.15) is 31.4 Å². The van der Waals surface area contributed by atoms with Crippen LogP contribution in [0.3, 0.4) is 0 Å². The van der Waals surface area contributed by atoms with Crippen molar-refractivity contribution in [3.8, 4) is 5.75 Å². The second kappa shape index (κ2) is 6.96. The highest BCUT2D eigenvalue weighted by atomic mass is 19.1. The number of phenols is 1. The molecule has 1 aromatic carbocycles. The van der Waals surface area contributed by atoms with Gasteiger partial charge in [-0.1, -0.05) is 25.1 Å². The summed E-state index contributed by atoms with van der Waals surface area (Å²) >= 11 is 0. The zero-order valence-electron chi connectivity index (χ0n) is 13.2. The second-order valence-corrected chi connectivity index (χ2v) is 5.93. The third-order valence-electron chi connectivity index (χ3n) is 4.38. The Kier molecular flexibility index (Phi) is 4.76. The Bertz CT molecular complexity index is 664. The summed E-state index contributed by atoms with van der Waals surface area (Å²) in [5, 5.41) is 13.6. The molecule has 122 valence electrons. The summed E-state index contributed by atoms with van der Waals surface area (Å²) in [6, 6.07) is 10.8. The van der Waals surface area contributed by atoms with Gasteiger partial charge in [0.1, 0.15) is 5.75 Å². The number of nitrogens with one attached hydrogen (secondary N) is 1. The monoisotopic (exact) mass is 315 g/mol. The summed E-state index contributed by atoms with van der Waals surface area (Å²) in [4.78, 5) is 6.13. The number of aromatic nitrogens is 1. The number of hydrogen-bond donors (Lipinski definition) is 2. The van der Waals surface area contributed by atoms with E-state index in [0.717, 1.165) is 31.5 Å². The molecule has 0 bridgehead atoms. The summed E-state index contributed by atoms with van der Waals surface area (Å²) in [6.45, 7) is 3.59. The van der Waals surface area contributed by atoms with Crippen molar-refractivity contribution in [3.05, 3.63) is 54.0 Å². The van der Waals surface area contributed by atoms with Crippen LogP contribution in [0.2, 0.25) is 0 Å². The molecule has 1 aliphatic heterocycles. The van der Waals surface area contributed by atoms with Gasteiger partial charge in [0.15, 0.2) is 11.6 Å². The van der Waals surface area contributed by atoms with Gasteiger partial charge in [-0.05, 0) is 31.0 Å². The smallest absolute Gasteiger partial charge is 0.165 e. The Morgan fingerprint density at radius 2 is 2.17 bits per heavy atom. The van der Waals surface area contributed by atoms with Crippen molar-refractivity contribution in [2.24, 2.45) is 0 Å². The molecule has 1 aliphatic rings. The highest BCUT2D eigenvalue weighted by molar-refractivity contribution is 5.41. The normalized spacial score (nSPS) is 19.0. The van der Waals surface area contributed by atoms with Gasteiger partial charge in [-0.3, -0.25) is 0 Å². The second-order valence-electron chi connectivity index (χ2n) is 5.93. The van der Waals surface area contributed by atoms with Crippen LogP contribution >= 0.6 is 0 Å². The predicted octanol–water partition coefficient (Wildman–Crippen LogP) is 3.25. The molecule has 0 spiro atoms. The summed E-state index contributed by atoms with van der Waals surface area (Å²) in [5.74, 6) is 0.464. The van der Waals surface area contributed by atoms with Crippen LogP contribution in [-0.4, -0.2) is 29.2 Å². The fraction of sp³-hybridized carbons (Fsp3) is 0.389. The lowest BCUT2D eigenvalue weighted by Gasteiger charge is -2.24. The van der Waals surface area contributed by atoms with Gasteiger partial charge in [-0.2, -0.15) is 0 Å². The standard InChI is InChI=1S/C18H22FN3O/c1-2-16(14-6-3-4-8-17(14)23)21-13-9-11-22(12-13)18-15(19)7-5-10-20-18/h3-8,10,13,16,21,23H,2,9,11-12H2,1H3/t13-,16-/m0/s1. The fourth-order valence-electron chi connectivity index (χ4n) is 3.19. The lowest BCUT2D eigenvalue weighted by molar-refractivity contribution is 0.415. The first-order chi connectivity index (χ1) is 11.2. The first-order valence-corrected chi connectivity index (χ1v) is 8.08. The summed E-state index contributed by atoms with van der Waals surface area (Å²) in [7, 11) is 0. The lowest BCUT2D eigenvalue weighted by Crippen LogP contribution is -2.35. The number of benzene rings is 1. The highest BCUT2D eigenvalue weighted by Crippen LogP contribution is 2.28. The fourth-order valence-corrected chi connectivity index (χ4v) is 3.19. The number of hydrogen-bond acceptors (Lipinski definition) is 4. The van der Waals surface area contributed by atoms with E-state index in [1.165, 1.54) is 6.07 Å². The zero-order valence-corrected chi connectivity index (χ0v) is 13.2. The van der Waals surface area contributed by atoms with Crippen molar-refractivity contribution in [1.82, 2.24) is 10.3 Å². The Morgan fingerprint density at radius 3 is 2.91 bits per heavy atom. The van der Waals surface area contributed by atoms with Gasteiger partial charge in [-0.25, -0.2) is 9.37 Å². The molecule has 23 heavy (non-hydrogen) atoms. The largest absolute Gasteiger partial charge is 0.508 e. The average molecular weight is 315 g/mol. The van der Waals surface area contributed by atoms with E-state index < -0.39 is 0 Å². The van der Waals surface area contributed by atoms with Crippen LogP contribution in [-0.2, 0) is 0 Å². The quantitative estimate of drug-likeness (QED) is 0.889. The maximum Gasteiger partial charge on any atom is 0.165 e. The SMILES string of the molecule is CC[C@H](N[C@H]1CCN(c2ncccc2F)C1)c1ccccc1O. The first-order valence-electron chi connectivity index (χ1n) is 8.08. The molecule has 5 heteroatoms. The molecule has 1 saturated heterocycles. The van der Waals surface area contributed by atoms with E-state index in [9.17, 15) is 9.50 Å². The maximum absolute atomic E-state index is 13.9. The van der Waals surface area contributed by atoms with Crippen LogP contribution in [0.5, 0.6) is 5.75 Å².